The molecule has 0 atom stereocenters. The van der Waals surface area contributed by atoms with Crippen LogP contribution in [0, 0.1) is 5.41 Å². The minimum absolute atomic E-state index is 0.00513. The second-order valence-corrected chi connectivity index (χ2v) is 5.71. The molecule has 0 aliphatic carbocycles. The third-order valence-electron chi connectivity index (χ3n) is 4.33. The number of tetrazole rings is 1. The number of benzene rings is 1. The van der Waals surface area contributed by atoms with Gasteiger partial charge in [0.2, 0.25) is 11.7 Å². The second-order valence-electron chi connectivity index (χ2n) is 5.71. The number of nitrogens with two attached hydrogens (primary N) is 1. The van der Waals surface area contributed by atoms with Crippen LogP contribution in [0.3, 0.4) is 0 Å². The zero-order chi connectivity index (χ0) is 16.1. The minimum Gasteiger partial charge on any atom is -0.381 e. The van der Waals surface area contributed by atoms with E-state index in [2.05, 4.69) is 25.9 Å². The third-order valence-corrected chi connectivity index (χ3v) is 4.33. The summed E-state index contributed by atoms with van der Waals surface area (Å²) in [6, 6.07) is 7.68. The van der Waals surface area contributed by atoms with E-state index in [1.165, 1.54) is 0 Å². The number of nitrogens with zero attached hydrogens (tertiary/aromatic N) is 3. The van der Waals surface area contributed by atoms with E-state index in [9.17, 15) is 4.79 Å². The minimum atomic E-state index is -0.497. The Labute approximate surface area is 133 Å². The van der Waals surface area contributed by atoms with Crippen molar-refractivity contribution in [2.75, 3.05) is 19.8 Å². The smallest absolute Gasteiger partial charge is 0.227 e. The van der Waals surface area contributed by atoms with Gasteiger partial charge in [0.25, 0.3) is 0 Å². The number of aromatic nitrogens is 4. The molecule has 1 saturated heterocycles. The summed E-state index contributed by atoms with van der Waals surface area (Å²) in [5.74, 6) is 0.551. The van der Waals surface area contributed by atoms with Gasteiger partial charge in [-0.1, -0.05) is 24.3 Å². The highest BCUT2D eigenvalue weighted by Crippen LogP contribution is 2.29. The van der Waals surface area contributed by atoms with E-state index < -0.39 is 5.41 Å². The van der Waals surface area contributed by atoms with Crippen LogP contribution < -0.4 is 11.1 Å². The van der Waals surface area contributed by atoms with Crippen molar-refractivity contribution in [3.63, 3.8) is 0 Å². The zero-order valence-corrected chi connectivity index (χ0v) is 12.8. The van der Waals surface area contributed by atoms with Gasteiger partial charge >= 0.3 is 0 Å². The van der Waals surface area contributed by atoms with E-state index in [4.69, 9.17) is 10.5 Å². The molecule has 1 fully saturated rings. The highest BCUT2D eigenvalue weighted by Gasteiger charge is 2.38. The van der Waals surface area contributed by atoms with Crippen molar-refractivity contribution < 1.29 is 9.53 Å². The lowest BCUT2D eigenvalue weighted by atomic mass is 9.79. The standard InChI is InChI=1S/C15H20N6O2/c16-10-15(5-7-23-8-6-15)14(22)17-9-11-1-3-12(4-2-11)13-18-20-21-19-13/h1-4H,5-10,16H2,(H,17,22)(H,18,19,20,21). The van der Waals surface area contributed by atoms with E-state index in [0.29, 0.717) is 45.0 Å². The van der Waals surface area contributed by atoms with Gasteiger partial charge in [-0.05, 0) is 23.6 Å². The number of nitrogens with one attached hydrogen (secondary N) is 2. The molecule has 1 aliphatic rings. The Bertz CT molecular complexity index is 634. The summed E-state index contributed by atoms with van der Waals surface area (Å²) >= 11 is 0. The highest BCUT2D eigenvalue weighted by atomic mass is 16.5. The average Bonchev–Trinajstić information content (AvgIpc) is 3.15. The van der Waals surface area contributed by atoms with E-state index in [1.807, 2.05) is 24.3 Å². The van der Waals surface area contributed by atoms with Gasteiger partial charge < -0.3 is 15.8 Å². The van der Waals surface area contributed by atoms with Crippen molar-refractivity contribution in [2.45, 2.75) is 19.4 Å². The fourth-order valence-corrected chi connectivity index (χ4v) is 2.71. The molecule has 3 rings (SSSR count). The molecule has 1 aromatic heterocycles. The van der Waals surface area contributed by atoms with Crippen LogP contribution in [0.25, 0.3) is 11.4 Å². The summed E-state index contributed by atoms with van der Waals surface area (Å²) in [4.78, 5) is 12.5. The summed E-state index contributed by atoms with van der Waals surface area (Å²) in [5.41, 5.74) is 7.22. The predicted octanol–water partition coefficient (Wildman–Crippen LogP) is 0.238. The molecule has 0 unspecified atom stereocenters. The molecule has 0 radical (unpaired) electrons. The number of hydrogen-bond donors (Lipinski definition) is 3. The normalized spacial score (nSPS) is 16.9. The van der Waals surface area contributed by atoms with Crippen LogP contribution in [0.4, 0.5) is 0 Å². The molecule has 1 aliphatic heterocycles. The van der Waals surface area contributed by atoms with Crippen molar-refractivity contribution in [1.82, 2.24) is 25.9 Å². The Morgan fingerprint density at radius 3 is 2.65 bits per heavy atom. The van der Waals surface area contributed by atoms with Crippen molar-refractivity contribution in [3.8, 4) is 11.4 Å². The number of hydrogen-bond acceptors (Lipinski definition) is 6. The summed E-state index contributed by atoms with van der Waals surface area (Å²) in [6.07, 6.45) is 1.35. The topological polar surface area (TPSA) is 119 Å². The lowest BCUT2D eigenvalue weighted by Gasteiger charge is -2.34. The Balaban J connectivity index is 1.60. The molecule has 0 spiro atoms. The SMILES string of the molecule is NCC1(C(=O)NCc2ccc(-c3nn[nH]n3)cc2)CCOCC1. The monoisotopic (exact) mass is 316 g/mol. The van der Waals surface area contributed by atoms with Crippen LogP contribution >= 0.6 is 0 Å². The Morgan fingerprint density at radius 1 is 1.30 bits per heavy atom. The van der Waals surface area contributed by atoms with Gasteiger partial charge in [0.05, 0.1) is 5.41 Å². The molecular formula is C15H20N6O2. The van der Waals surface area contributed by atoms with Gasteiger partial charge in [0.1, 0.15) is 0 Å². The Kier molecular flexibility index (Phi) is 4.63. The highest BCUT2D eigenvalue weighted by molar-refractivity contribution is 5.83. The molecule has 4 N–H and O–H groups in total. The lowest BCUT2D eigenvalue weighted by Crippen LogP contribution is -2.48. The first-order valence-electron chi connectivity index (χ1n) is 7.62. The third kappa shape index (κ3) is 3.38. The maximum Gasteiger partial charge on any atom is 0.227 e. The van der Waals surface area contributed by atoms with Gasteiger partial charge in [-0.15, -0.1) is 10.2 Å². The molecule has 2 heterocycles. The first-order valence-corrected chi connectivity index (χ1v) is 7.62. The second kappa shape index (κ2) is 6.84. The van der Waals surface area contributed by atoms with Crippen LogP contribution in [0.5, 0.6) is 0 Å². The first kappa shape index (κ1) is 15.6. The van der Waals surface area contributed by atoms with Crippen molar-refractivity contribution >= 4 is 5.91 Å². The van der Waals surface area contributed by atoms with Crippen molar-refractivity contribution in [2.24, 2.45) is 11.1 Å². The quantitative estimate of drug-likeness (QED) is 0.727. The maximum absolute atomic E-state index is 12.5. The number of ether oxygens (including phenoxy) is 1. The molecule has 1 aromatic carbocycles. The van der Waals surface area contributed by atoms with Crippen LogP contribution in [-0.2, 0) is 16.1 Å². The molecular weight excluding hydrogens is 296 g/mol. The number of amides is 1. The average molecular weight is 316 g/mol. The zero-order valence-electron chi connectivity index (χ0n) is 12.8. The summed E-state index contributed by atoms with van der Waals surface area (Å²) in [5, 5.41) is 16.8. The van der Waals surface area contributed by atoms with Crippen molar-refractivity contribution in [3.05, 3.63) is 29.8 Å². The predicted molar refractivity (Wildman–Crippen MR) is 83.0 cm³/mol. The molecule has 2 aromatic rings. The fraction of sp³-hybridized carbons (Fsp3) is 0.467. The molecule has 122 valence electrons. The lowest BCUT2D eigenvalue weighted by molar-refractivity contribution is -0.136. The van der Waals surface area contributed by atoms with E-state index >= 15 is 0 Å². The maximum atomic E-state index is 12.5. The van der Waals surface area contributed by atoms with Gasteiger partial charge in [0, 0.05) is 31.9 Å². The molecule has 0 saturated carbocycles. The van der Waals surface area contributed by atoms with Crippen LogP contribution in [0.2, 0.25) is 0 Å². The molecule has 8 heteroatoms. The fourth-order valence-electron chi connectivity index (χ4n) is 2.71. The number of aromatic amines is 1. The molecule has 8 nitrogen and oxygen atoms in total. The largest absolute Gasteiger partial charge is 0.381 e. The van der Waals surface area contributed by atoms with E-state index in [1.54, 1.807) is 0 Å². The molecule has 23 heavy (non-hydrogen) atoms. The van der Waals surface area contributed by atoms with Gasteiger partial charge in [-0.25, -0.2) is 0 Å². The van der Waals surface area contributed by atoms with Crippen LogP contribution in [-0.4, -0.2) is 46.3 Å². The Hall–Kier alpha value is -2.32. The molecule has 1 amide bonds. The first-order chi connectivity index (χ1) is 11.2. The number of carbonyl (C=O) groups is 1. The van der Waals surface area contributed by atoms with Gasteiger partial charge in [-0.2, -0.15) is 5.21 Å². The van der Waals surface area contributed by atoms with Gasteiger partial charge in [0.15, 0.2) is 0 Å². The van der Waals surface area contributed by atoms with Crippen LogP contribution in [0.15, 0.2) is 24.3 Å². The summed E-state index contributed by atoms with van der Waals surface area (Å²) in [7, 11) is 0. The number of carbonyl (C=O) groups excluding carboxylic acids is 1. The van der Waals surface area contributed by atoms with Crippen molar-refractivity contribution in [1.29, 1.82) is 0 Å². The summed E-state index contributed by atoms with van der Waals surface area (Å²) < 4.78 is 5.33. The van der Waals surface area contributed by atoms with E-state index in [-0.39, 0.29) is 5.91 Å². The molecule has 0 bridgehead atoms. The van der Waals surface area contributed by atoms with E-state index in [0.717, 1.165) is 11.1 Å². The Morgan fingerprint density at radius 2 is 2.04 bits per heavy atom. The van der Waals surface area contributed by atoms with Crippen LogP contribution in [0.1, 0.15) is 18.4 Å². The number of H-pyrrole nitrogens is 1. The number of rotatable bonds is 5. The summed E-state index contributed by atoms with van der Waals surface area (Å²) in [6.45, 7) is 1.99. The van der Waals surface area contributed by atoms with Gasteiger partial charge in [-0.3, -0.25) is 4.79 Å².